The summed E-state index contributed by atoms with van der Waals surface area (Å²) < 4.78 is 0. The Hall–Kier alpha value is -3.16. The Balaban J connectivity index is 1.37. The summed E-state index contributed by atoms with van der Waals surface area (Å²) in [4.78, 5) is 52.7. The van der Waals surface area contributed by atoms with Crippen molar-refractivity contribution in [2.24, 2.45) is 5.92 Å². The average Bonchev–Trinajstić information content (AvgIpc) is 3.19. The number of aryl methyl sites for hydroxylation is 1. The number of hydrogen-bond acceptors (Lipinski definition) is 5. The Kier molecular flexibility index (Phi) is 5.57. The molecule has 0 saturated heterocycles. The number of benzene rings is 1. The van der Waals surface area contributed by atoms with Crippen LogP contribution in [0, 0.1) is 5.92 Å². The number of rotatable bonds is 5. The summed E-state index contributed by atoms with van der Waals surface area (Å²) >= 11 is 0. The molecule has 158 valence electrons. The maximum atomic E-state index is 12.9. The molecule has 5 N–H and O–H groups in total. The van der Waals surface area contributed by atoms with Crippen LogP contribution in [-0.2, 0) is 11.2 Å². The molecule has 3 atom stereocenters. The molecule has 1 aromatic carbocycles. The number of Topliss-reactive ketones (excluding diaryl/α,β-unsaturated/α-hetero) is 1. The highest BCUT2D eigenvalue weighted by Gasteiger charge is 2.33. The second-order valence-corrected chi connectivity index (χ2v) is 8.34. The Bertz CT molecular complexity index is 1090. The number of hydrogen-bond donors (Lipinski definition) is 4. The molecule has 0 spiro atoms. The summed E-state index contributed by atoms with van der Waals surface area (Å²) in [6.07, 6.45) is 5.71. The van der Waals surface area contributed by atoms with Crippen LogP contribution in [0.1, 0.15) is 66.1 Å². The molecule has 0 radical (unpaired) electrons. The molecule has 0 unspecified atom stereocenters. The lowest BCUT2D eigenvalue weighted by Gasteiger charge is -2.26. The topological polar surface area (TPSA) is 138 Å². The molecule has 1 fully saturated rings. The Morgan fingerprint density at radius 3 is 2.73 bits per heavy atom. The third-order valence-electron chi connectivity index (χ3n) is 6.37. The maximum absolute atomic E-state index is 12.9. The Labute approximate surface area is 173 Å². The smallest absolute Gasteiger partial charge is 0.326 e. The number of anilines is 1. The van der Waals surface area contributed by atoms with Gasteiger partial charge in [-0.1, -0.05) is 24.3 Å². The number of nitrogen functional groups attached to an aromatic ring is 1. The molecule has 8 nitrogen and oxygen atoms in total. The van der Waals surface area contributed by atoms with E-state index in [1.54, 1.807) is 0 Å². The van der Waals surface area contributed by atoms with Crippen LogP contribution in [0.25, 0.3) is 0 Å². The van der Waals surface area contributed by atoms with Gasteiger partial charge in [0.1, 0.15) is 17.2 Å². The molecule has 1 amide bonds. The highest BCUT2D eigenvalue weighted by atomic mass is 16.2. The van der Waals surface area contributed by atoms with E-state index in [4.69, 9.17) is 5.73 Å². The van der Waals surface area contributed by atoms with E-state index >= 15 is 0 Å². The van der Waals surface area contributed by atoms with Crippen molar-refractivity contribution in [3.05, 3.63) is 61.9 Å². The number of carbonyl (C=O) groups is 2. The Morgan fingerprint density at radius 2 is 1.90 bits per heavy atom. The summed E-state index contributed by atoms with van der Waals surface area (Å²) in [5.41, 5.74) is 6.12. The highest BCUT2D eigenvalue weighted by molar-refractivity contribution is 5.97. The monoisotopic (exact) mass is 410 g/mol. The molecule has 1 aromatic heterocycles. The largest absolute Gasteiger partial charge is 0.392 e. The van der Waals surface area contributed by atoms with Gasteiger partial charge in [-0.25, -0.2) is 4.79 Å². The number of nitrogens with two attached hydrogens (primary N) is 1. The lowest BCUT2D eigenvalue weighted by molar-refractivity contribution is -0.123. The number of aromatic nitrogens is 2. The van der Waals surface area contributed by atoms with Crippen LogP contribution in [0.15, 0.2) is 33.9 Å². The molecule has 4 rings (SSSR count). The SMILES string of the molecule is Nc1c(C(=O)N[C@@H]2CC[C@@H](C(=O)C[C@H]3CCCc4ccccc43)C2)[nH]c(=O)[nH]c1=O. The van der Waals surface area contributed by atoms with Gasteiger partial charge in [-0.3, -0.25) is 19.4 Å². The van der Waals surface area contributed by atoms with Gasteiger partial charge in [0.05, 0.1) is 0 Å². The standard InChI is InChI=1S/C22H26N4O4/c23-18-19(25-22(30)26-20(18)28)21(29)24-15-9-8-14(10-15)17(27)11-13-6-3-5-12-4-1-2-7-16(12)13/h1-2,4,7,13-15H,3,5-6,8-11,23H2,(H,24,29)(H2,25,26,28,30)/t13-,14-,15-/m1/s1. The number of H-pyrrole nitrogens is 2. The van der Waals surface area contributed by atoms with Gasteiger partial charge < -0.3 is 16.0 Å². The van der Waals surface area contributed by atoms with Crippen molar-refractivity contribution in [2.75, 3.05) is 5.73 Å². The van der Waals surface area contributed by atoms with Crippen molar-refractivity contribution < 1.29 is 9.59 Å². The molecular weight excluding hydrogens is 384 g/mol. The highest BCUT2D eigenvalue weighted by Crippen LogP contribution is 2.36. The van der Waals surface area contributed by atoms with E-state index in [0.29, 0.717) is 19.3 Å². The maximum Gasteiger partial charge on any atom is 0.326 e. The van der Waals surface area contributed by atoms with Crippen molar-refractivity contribution in [3.8, 4) is 0 Å². The molecule has 2 aliphatic rings. The number of carbonyl (C=O) groups excluding carboxylic acids is 2. The fraction of sp³-hybridized carbons (Fsp3) is 0.455. The first-order valence-corrected chi connectivity index (χ1v) is 10.5. The molecule has 1 saturated carbocycles. The number of ketones is 1. The van der Waals surface area contributed by atoms with E-state index in [1.807, 2.05) is 17.1 Å². The normalized spacial score (nSPS) is 23.0. The van der Waals surface area contributed by atoms with E-state index in [-0.39, 0.29) is 35.0 Å². The zero-order valence-electron chi connectivity index (χ0n) is 16.7. The van der Waals surface area contributed by atoms with E-state index in [9.17, 15) is 19.2 Å². The van der Waals surface area contributed by atoms with Crippen molar-refractivity contribution in [2.45, 2.75) is 56.9 Å². The summed E-state index contributed by atoms with van der Waals surface area (Å²) in [7, 11) is 0. The molecule has 2 aliphatic carbocycles. The fourth-order valence-corrected chi connectivity index (χ4v) is 4.81. The number of fused-ring (bicyclic) bond motifs is 1. The minimum absolute atomic E-state index is 0.0834. The van der Waals surface area contributed by atoms with Crippen LogP contribution in [0.2, 0.25) is 0 Å². The lowest BCUT2D eigenvalue weighted by Crippen LogP contribution is -2.38. The molecule has 8 heteroatoms. The zero-order chi connectivity index (χ0) is 21.3. The Morgan fingerprint density at radius 1 is 1.10 bits per heavy atom. The van der Waals surface area contributed by atoms with Crippen molar-refractivity contribution >= 4 is 17.4 Å². The molecular formula is C22H26N4O4. The second kappa shape index (κ2) is 8.30. The minimum atomic E-state index is -0.795. The van der Waals surface area contributed by atoms with Gasteiger partial charge in [-0.15, -0.1) is 0 Å². The van der Waals surface area contributed by atoms with Gasteiger partial charge in [0, 0.05) is 18.4 Å². The van der Waals surface area contributed by atoms with E-state index in [2.05, 4.69) is 22.4 Å². The molecule has 1 heterocycles. The lowest BCUT2D eigenvalue weighted by atomic mass is 9.79. The van der Waals surface area contributed by atoms with Crippen LogP contribution >= 0.6 is 0 Å². The summed E-state index contributed by atoms with van der Waals surface area (Å²) in [5, 5.41) is 2.80. The van der Waals surface area contributed by atoms with E-state index < -0.39 is 17.2 Å². The zero-order valence-corrected chi connectivity index (χ0v) is 16.7. The number of nitrogens with one attached hydrogen (secondary N) is 3. The summed E-state index contributed by atoms with van der Waals surface area (Å²) in [5.74, 6) is -0.162. The van der Waals surface area contributed by atoms with Crippen LogP contribution in [-0.4, -0.2) is 27.7 Å². The van der Waals surface area contributed by atoms with Crippen molar-refractivity contribution in [1.82, 2.24) is 15.3 Å². The van der Waals surface area contributed by atoms with Gasteiger partial charge in [0.25, 0.3) is 11.5 Å². The number of aromatic amines is 2. The minimum Gasteiger partial charge on any atom is -0.392 e. The van der Waals surface area contributed by atoms with Crippen molar-refractivity contribution in [1.29, 1.82) is 0 Å². The predicted molar refractivity (Wildman–Crippen MR) is 112 cm³/mol. The fourth-order valence-electron chi connectivity index (χ4n) is 4.81. The molecule has 2 aromatic rings. The van der Waals surface area contributed by atoms with Gasteiger partial charge in [-0.2, -0.15) is 0 Å². The first-order chi connectivity index (χ1) is 14.4. The average molecular weight is 410 g/mol. The van der Waals surface area contributed by atoms with Gasteiger partial charge in [-0.05, 0) is 55.6 Å². The quantitative estimate of drug-likeness (QED) is 0.593. The first-order valence-electron chi connectivity index (χ1n) is 10.5. The second-order valence-electron chi connectivity index (χ2n) is 8.34. The van der Waals surface area contributed by atoms with Crippen LogP contribution in [0.5, 0.6) is 0 Å². The first kappa shape index (κ1) is 20.1. The molecule has 0 aliphatic heterocycles. The van der Waals surface area contributed by atoms with Gasteiger partial charge in [0.2, 0.25) is 0 Å². The van der Waals surface area contributed by atoms with Gasteiger partial charge in [0.15, 0.2) is 0 Å². The summed E-state index contributed by atoms with van der Waals surface area (Å²) in [6.45, 7) is 0. The molecule has 30 heavy (non-hydrogen) atoms. The number of amides is 1. The van der Waals surface area contributed by atoms with Crippen molar-refractivity contribution in [3.63, 3.8) is 0 Å². The van der Waals surface area contributed by atoms with E-state index in [1.165, 1.54) is 11.1 Å². The third kappa shape index (κ3) is 4.08. The van der Waals surface area contributed by atoms with Crippen LogP contribution in [0.4, 0.5) is 5.69 Å². The predicted octanol–water partition coefficient (Wildman–Crippen LogP) is 1.62. The van der Waals surface area contributed by atoms with Crippen LogP contribution in [0.3, 0.4) is 0 Å². The van der Waals surface area contributed by atoms with E-state index in [0.717, 1.165) is 25.7 Å². The van der Waals surface area contributed by atoms with Gasteiger partial charge >= 0.3 is 5.69 Å². The third-order valence-corrected chi connectivity index (χ3v) is 6.37. The molecule has 0 bridgehead atoms. The summed E-state index contributed by atoms with van der Waals surface area (Å²) in [6, 6.07) is 8.18. The van der Waals surface area contributed by atoms with Crippen LogP contribution < -0.4 is 22.3 Å².